The van der Waals surface area contributed by atoms with Crippen molar-refractivity contribution in [3.8, 4) is 0 Å². The Labute approximate surface area is 202 Å². The molecule has 0 fully saturated rings. The van der Waals surface area contributed by atoms with Gasteiger partial charge in [-0.25, -0.2) is 0 Å². The van der Waals surface area contributed by atoms with E-state index in [0.717, 1.165) is 13.2 Å². The SMILES string of the molecule is CC(C)C1C(CO[Si](C)(C)C(C)(C)C)=C[Si](C(C)(C)C)(C(C)(C)C)N1Cc1ccccc1. The highest BCUT2D eigenvalue weighted by molar-refractivity contribution is 6.88. The van der Waals surface area contributed by atoms with E-state index in [-0.39, 0.29) is 15.1 Å². The number of benzene rings is 1. The van der Waals surface area contributed by atoms with E-state index >= 15 is 0 Å². The summed E-state index contributed by atoms with van der Waals surface area (Å²) in [5.41, 5.74) is 5.73. The van der Waals surface area contributed by atoms with Crippen molar-refractivity contribution in [2.75, 3.05) is 6.61 Å². The van der Waals surface area contributed by atoms with Gasteiger partial charge in [-0.2, -0.15) is 0 Å². The highest BCUT2D eigenvalue weighted by Crippen LogP contribution is 2.58. The van der Waals surface area contributed by atoms with Gasteiger partial charge in [-0.1, -0.05) is 112 Å². The summed E-state index contributed by atoms with van der Waals surface area (Å²) in [6.45, 7) is 33.3. The fourth-order valence-corrected chi connectivity index (χ4v) is 13.8. The van der Waals surface area contributed by atoms with Gasteiger partial charge in [-0.15, -0.1) is 0 Å². The van der Waals surface area contributed by atoms with Gasteiger partial charge in [0.2, 0.25) is 0 Å². The van der Waals surface area contributed by atoms with Gasteiger partial charge >= 0.3 is 0 Å². The smallest absolute Gasteiger partial charge is 0.192 e. The Morgan fingerprint density at radius 1 is 0.906 bits per heavy atom. The number of nitrogens with zero attached hydrogens (tertiary/aromatic N) is 1. The fourth-order valence-electron chi connectivity index (χ4n) is 5.67. The third-order valence-electron chi connectivity index (χ3n) is 8.08. The molecular weight excluding hydrogens is 422 g/mol. The Kier molecular flexibility index (Phi) is 7.89. The van der Waals surface area contributed by atoms with Crippen LogP contribution >= 0.6 is 0 Å². The van der Waals surface area contributed by atoms with Crippen LogP contribution in [0.25, 0.3) is 0 Å². The zero-order chi connectivity index (χ0) is 24.8. The second-order valence-electron chi connectivity index (χ2n) is 13.8. The van der Waals surface area contributed by atoms with Crippen LogP contribution in [0.15, 0.2) is 41.6 Å². The summed E-state index contributed by atoms with van der Waals surface area (Å²) in [6, 6.07) is 11.5. The second kappa shape index (κ2) is 9.16. The summed E-state index contributed by atoms with van der Waals surface area (Å²) in [7, 11) is -3.89. The molecule has 1 heterocycles. The molecule has 2 rings (SSSR count). The molecule has 0 aromatic heterocycles. The van der Waals surface area contributed by atoms with E-state index in [0.29, 0.717) is 12.0 Å². The Morgan fingerprint density at radius 2 is 1.41 bits per heavy atom. The molecule has 0 bridgehead atoms. The molecule has 0 amide bonds. The first-order valence-corrected chi connectivity index (χ1v) is 17.4. The standard InChI is InChI=1S/C28H51NOSi2/c1-22(2)25-24(20-30-31(12,13)26(3,4)5)21-32(27(6,7)8,28(9,10)11)29(25)19-23-17-15-14-16-18-23/h14-18,21-22,25H,19-20H2,1-13H3. The molecule has 1 aromatic rings. The van der Waals surface area contributed by atoms with E-state index in [9.17, 15) is 0 Å². The lowest BCUT2D eigenvalue weighted by atomic mass is 9.97. The van der Waals surface area contributed by atoms with Gasteiger partial charge in [0, 0.05) is 12.6 Å². The molecule has 0 N–H and O–H groups in total. The minimum atomic E-state index is -2.07. The molecule has 1 atom stereocenters. The molecule has 0 radical (unpaired) electrons. The van der Waals surface area contributed by atoms with Crippen molar-refractivity contribution in [2.24, 2.45) is 5.92 Å². The van der Waals surface area contributed by atoms with E-state index in [1.807, 2.05) is 0 Å². The number of hydrogen-bond donors (Lipinski definition) is 0. The van der Waals surface area contributed by atoms with Crippen molar-refractivity contribution in [1.29, 1.82) is 0 Å². The number of rotatable bonds is 6. The van der Waals surface area contributed by atoms with Gasteiger partial charge in [-0.05, 0) is 45.3 Å². The van der Waals surface area contributed by atoms with E-state index in [1.165, 1.54) is 11.1 Å². The van der Waals surface area contributed by atoms with E-state index < -0.39 is 16.6 Å². The van der Waals surface area contributed by atoms with Crippen LogP contribution in [0.4, 0.5) is 0 Å². The van der Waals surface area contributed by atoms with Crippen molar-refractivity contribution in [2.45, 2.75) is 117 Å². The highest BCUT2D eigenvalue weighted by Gasteiger charge is 2.61. The average molecular weight is 474 g/mol. The molecule has 0 spiro atoms. The first-order chi connectivity index (χ1) is 14.3. The Bertz CT molecular complexity index is 777. The van der Waals surface area contributed by atoms with Gasteiger partial charge in [-0.3, -0.25) is 0 Å². The average Bonchev–Trinajstić information content (AvgIpc) is 2.95. The maximum atomic E-state index is 6.84. The van der Waals surface area contributed by atoms with Crippen molar-refractivity contribution >= 4 is 16.6 Å². The van der Waals surface area contributed by atoms with Crippen LogP contribution in [0, 0.1) is 5.92 Å². The molecular formula is C28H51NOSi2. The van der Waals surface area contributed by atoms with Crippen molar-refractivity contribution in [1.82, 2.24) is 4.57 Å². The topological polar surface area (TPSA) is 12.5 Å². The summed E-state index contributed by atoms with van der Waals surface area (Å²) in [4.78, 5) is 0. The van der Waals surface area contributed by atoms with E-state index in [1.54, 1.807) is 0 Å². The van der Waals surface area contributed by atoms with Gasteiger partial charge in [0.25, 0.3) is 0 Å². The minimum Gasteiger partial charge on any atom is -0.413 e. The molecule has 2 nitrogen and oxygen atoms in total. The third kappa shape index (κ3) is 5.19. The van der Waals surface area contributed by atoms with Crippen LogP contribution in [-0.4, -0.2) is 33.8 Å². The lowest BCUT2D eigenvalue weighted by molar-refractivity contribution is 0.239. The minimum absolute atomic E-state index is 0.214. The fraction of sp³-hybridized carbons (Fsp3) is 0.714. The second-order valence-corrected chi connectivity index (χ2v) is 24.0. The molecule has 0 saturated heterocycles. The third-order valence-corrected chi connectivity index (χ3v) is 19.3. The van der Waals surface area contributed by atoms with Gasteiger partial charge in [0.1, 0.15) is 0 Å². The van der Waals surface area contributed by atoms with E-state index in [4.69, 9.17) is 4.43 Å². The van der Waals surface area contributed by atoms with Crippen LogP contribution in [0.5, 0.6) is 0 Å². The normalized spacial score (nSPS) is 20.7. The molecule has 1 aliphatic heterocycles. The Morgan fingerprint density at radius 3 is 1.81 bits per heavy atom. The van der Waals surface area contributed by atoms with Crippen LogP contribution in [0.1, 0.15) is 81.7 Å². The van der Waals surface area contributed by atoms with Gasteiger partial charge in [0.15, 0.2) is 16.6 Å². The van der Waals surface area contributed by atoms with Gasteiger partial charge in [0.05, 0.1) is 6.61 Å². The zero-order valence-corrected chi connectivity index (χ0v) is 25.4. The summed E-state index contributed by atoms with van der Waals surface area (Å²) in [5.74, 6) is 0.548. The largest absolute Gasteiger partial charge is 0.413 e. The molecule has 32 heavy (non-hydrogen) atoms. The van der Waals surface area contributed by atoms with Crippen LogP contribution in [0.3, 0.4) is 0 Å². The van der Waals surface area contributed by atoms with Crippen LogP contribution in [-0.2, 0) is 11.0 Å². The van der Waals surface area contributed by atoms with Gasteiger partial charge < -0.3 is 8.99 Å². The Balaban J connectivity index is 2.62. The molecule has 4 heteroatoms. The molecule has 1 aromatic carbocycles. The van der Waals surface area contributed by atoms with Crippen LogP contribution < -0.4 is 0 Å². The van der Waals surface area contributed by atoms with Crippen molar-refractivity contribution in [3.63, 3.8) is 0 Å². The Hall–Kier alpha value is -0.686. The molecule has 182 valence electrons. The maximum Gasteiger partial charge on any atom is 0.192 e. The lowest BCUT2D eigenvalue weighted by Crippen LogP contribution is -2.63. The maximum absolute atomic E-state index is 6.84. The summed E-state index contributed by atoms with van der Waals surface area (Å²) >= 11 is 0. The highest BCUT2D eigenvalue weighted by atomic mass is 28.4. The zero-order valence-electron chi connectivity index (χ0n) is 23.4. The summed E-state index contributed by atoms with van der Waals surface area (Å²) in [5, 5.41) is 0.656. The quantitative estimate of drug-likeness (QED) is 0.384. The lowest BCUT2D eigenvalue weighted by Gasteiger charge is -2.55. The molecule has 0 aliphatic carbocycles. The van der Waals surface area contributed by atoms with Crippen molar-refractivity contribution < 1.29 is 4.43 Å². The van der Waals surface area contributed by atoms with Crippen molar-refractivity contribution in [3.05, 3.63) is 47.2 Å². The molecule has 1 aliphatic rings. The summed E-state index contributed by atoms with van der Waals surface area (Å²) in [6.07, 6.45) is 0. The van der Waals surface area contributed by atoms with Crippen LogP contribution in [0.2, 0.25) is 28.2 Å². The molecule has 1 unspecified atom stereocenters. The first-order valence-electron chi connectivity index (χ1n) is 12.5. The predicted molar refractivity (Wildman–Crippen MR) is 147 cm³/mol. The molecule has 0 saturated carbocycles. The predicted octanol–water partition coefficient (Wildman–Crippen LogP) is 8.56. The monoisotopic (exact) mass is 473 g/mol. The first kappa shape index (κ1) is 27.6. The summed E-state index contributed by atoms with van der Waals surface area (Å²) < 4.78 is 9.80. The number of hydrogen-bond acceptors (Lipinski definition) is 2. The van der Waals surface area contributed by atoms with E-state index in [2.05, 4.69) is 130 Å².